The van der Waals surface area contributed by atoms with Crippen molar-refractivity contribution in [3.8, 4) is 0 Å². The van der Waals surface area contributed by atoms with Crippen molar-refractivity contribution in [1.82, 2.24) is 15.3 Å². The Morgan fingerprint density at radius 1 is 0.968 bits per heavy atom. The molecule has 31 heavy (non-hydrogen) atoms. The van der Waals surface area contributed by atoms with Crippen LogP contribution in [-0.2, 0) is 6.54 Å². The molecule has 1 aliphatic rings. The van der Waals surface area contributed by atoms with E-state index < -0.39 is 11.6 Å². The van der Waals surface area contributed by atoms with Gasteiger partial charge in [-0.25, -0.2) is 13.8 Å². The Bertz CT molecular complexity index is 1030. The second kappa shape index (κ2) is 9.56. The van der Waals surface area contributed by atoms with Crippen molar-refractivity contribution in [2.24, 2.45) is 5.92 Å². The van der Waals surface area contributed by atoms with E-state index in [-0.39, 0.29) is 0 Å². The van der Waals surface area contributed by atoms with Gasteiger partial charge in [0.25, 0.3) is 0 Å². The summed E-state index contributed by atoms with van der Waals surface area (Å²) in [4.78, 5) is 11.5. The number of benzene rings is 2. The van der Waals surface area contributed by atoms with Crippen LogP contribution in [0.3, 0.4) is 0 Å². The molecule has 1 aliphatic carbocycles. The van der Waals surface area contributed by atoms with Crippen molar-refractivity contribution in [1.29, 1.82) is 0 Å². The second-order valence-corrected chi connectivity index (χ2v) is 8.49. The Balaban J connectivity index is 1.30. The number of hydrogen-bond acceptors (Lipinski definition) is 5. The van der Waals surface area contributed by atoms with Gasteiger partial charge in [0.05, 0.1) is 5.52 Å². The first-order valence-corrected chi connectivity index (χ1v) is 10.9. The molecule has 2 N–H and O–H groups in total. The Labute approximate surface area is 181 Å². The van der Waals surface area contributed by atoms with Crippen LogP contribution in [0.5, 0.6) is 0 Å². The minimum Gasteiger partial charge on any atom is -0.362 e. The van der Waals surface area contributed by atoms with Crippen molar-refractivity contribution in [3.63, 3.8) is 0 Å². The van der Waals surface area contributed by atoms with Gasteiger partial charge in [0, 0.05) is 37.6 Å². The Morgan fingerprint density at radius 3 is 2.52 bits per heavy atom. The Hall–Kier alpha value is -2.80. The van der Waals surface area contributed by atoms with Crippen LogP contribution in [0, 0.1) is 17.6 Å². The molecule has 0 bridgehead atoms. The average molecular weight is 426 g/mol. The number of halogens is 2. The molecule has 1 fully saturated rings. The molecular weight excluding hydrogens is 396 g/mol. The maximum atomic E-state index is 13.8. The highest BCUT2D eigenvalue weighted by molar-refractivity contribution is 5.90. The molecule has 0 spiro atoms. The highest BCUT2D eigenvalue weighted by Gasteiger charge is 2.22. The first kappa shape index (κ1) is 21.4. The fourth-order valence-corrected chi connectivity index (χ4v) is 4.25. The van der Waals surface area contributed by atoms with Crippen molar-refractivity contribution in [2.45, 2.75) is 38.3 Å². The maximum Gasteiger partial charge on any atom is 0.225 e. The van der Waals surface area contributed by atoms with Crippen molar-refractivity contribution in [3.05, 3.63) is 59.7 Å². The van der Waals surface area contributed by atoms with Gasteiger partial charge in [-0.15, -0.1) is 0 Å². The molecule has 7 heteroatoms. The van der Waals surface area contributed by atoms with Crippen LogP contribution in [0.1, 0.15) is 31.2 Å². The molecule has 2 aromatic carbocycles. The smallest absolute Gasteiger partial charge is 0.225 e. The molecule has 0 unspecified atom stereocenters. The van der Waals surface area contributed by atoms with Gasteiger partial charge < -0.3 is 15.5 Å². The third kappa shape index (κ3) is 5.10. The number of rotatable bonds is 7. The molecule has 0 aliphatic heterocycles. The zero-order valence-corrected chi connectivity index (χ0v) is 18.0. The molecular formula is C24H29F2N5. The largest absolute Gasteiger partial charge is 0.362 e. The lowest BCUT2D eigenvalue weighted by Gasteiger charge is -2.29. The first-order chi connectivity index (χ1) is 15.0. The highest BCUT2D eigenvalue weighted by Crippen LogP contribution is 2.28. The fraction of sp³-hybridized carbons (Fsp3) is 0.417. The van der Waals surface area contributed by atoms with E-state index in [4.69, 9.17) is 9.97 Å². The second-order valence-electron chi connectivity index (χ2n) is 8.49. The van der Waals surface area contributed by atoms with E-state index >= 15 is 0 Å². The van der Waals surface area contributed by atoms with Gasteiger partial charge in [0.1, 0.15) is 5.82 Å². The maximum absolute atomic E-state index is 13.8. The molecule has 164 valence electrons. The molecule has 0 saturated heterocycles. The lowest BCUT2D eigenvalue weighted by Crippen LogP contribution is -2.31. The van der Waals surface area contributed by atoms with Crippen LogP contribution in [0.15, 0.2) is 42.5 Å². The Morgan fingerprint density at radius 2 is 1.74 bits per heavy atom. The number of aromatic nitrogens is 2. The van der Waals surface area contributed by atoms with Crippen LogP contribution in [0.4, 0.5) is 20.5 Å². The van der Waals surface area contributed by atoms with Gasteiger partial charge in [0.15, 0.2) is 11.6 Å². The van der Waals surface area contributed by atoms with Crippen LogP contribution < -0.4 is 15.5 Å². The third-order valence-electron chi connectivity index (χ3n) is 5.97. The molecule has 0 amide bonds. The number of nitrogens with one attached hydrogen (secondary N) is 2. The van der Waals surface area contributed by atoms with Gasteiger partial charge in [-0.1, -0.05) is 24.3 Å². The van der Waals surface area contributed by atoms with E-state index in [0.29, 0.717) is 30.0 Å². The van der Waals surface area contributed by atoms with Crippen molar-refractivity contribution < 1.29 is 8.78 Å². The molecule has 4 rings (SSSR count). The van der Waals surface area contributed by atoms with E-state index in [1.807, 2.05) is 43.3 Å². The van der Waals surface area contributed by atoms with E-state index in [1.54, 1.807) is 12.1 Å². The summed E-state index contributed by atoms with van der Waals surface area (Å²) in [6, 6.07) is 12.7. The third-order valence-corrected chi connectivity index (χ3v) is 5.97. The zero-order chi connectivity index (χ0) is 21.8. The standard InChI is InChI=1S/C24H29F2N5/c1-31(2)23-19-7-3-4-9-21(19)29-24(30-23)28-18-12-10-16(11-13-18)14-27-15-17-6-5-8-20(25)22(17)26/h3-9,16,18,27H,10-15H2,1-2H3,(H,28,29,30). The molecule has 1 aromatic heterocycles. The average Bonchev–Trinajstić information content (AvgIpc) is 2.77. The summed E-state index contributed by atoms with van der Waals surface area (Å²) < 4.78 is 27.1. The number of fused-ring (bicyclic) bond motifs is 1. The monoisotopic (exact) mass is 425 g/mol. The molecule has 1 heterocycles. The normalized spacial score (nSPS) is 18.8. The summed E-state index contributed by atoms with van der Waals surface area (Å²) in [7, 11) is 3.99. The minimum atomic E-state index is -0.792. The SMILES string of the molecule is CN(C)c1nc(NC2CCC(CNCc3cccc(F)c3F)CC2)nc2ccccc12. The molecule has 1 saturated carbocycles. The molecule has 3 aromatic rings. The summed E-state index contributed by atoms with van der Waals surface area (Å²) in [5.74, 6) is 0.570. The van der Waals surface area contributed by atoms with E-state index in [2.05, 4.69) is 10.6 Å². The predicted molar refractivity (Wildman–Crippen MR) is 121 cm³/mol. The number of nitrogens with zero attached hydrogens (tertiary/aromatic N) is 3. The number of para-hydroxylation sites is 1. The lowest BCUT2D eigenvalue weighted by molar-refractivity contribution is 0.323. The lowest BCUT2D eigenvalue weighted by atomic mass is 9.86. The summed E-state index contributed by atoms with van der Waals surface area (Å²) in [5.41, 5.74) is 1.31. The number of hydrogen-bond donors (Lipinski definition) is 2. The van der Waals surface area contributed by atoms with Crippen LogP contribution in [0.2, 0.25) is 0 Å². The fourth-order valence-electron chi connectivity index (χ4n) is 4.25. The Kier molecular flexibility index (Phi) is 6.61. The van der Waals surface area contributed by atoms with Crippen LogP contribution in [-0.4, -0.2) is 36.6 Å². The summed E-state index contributed by atoms with van der Waals surface area (Å²) >= 11 is 0. The summed E-state index contributed by atoms with van der Waals surface area (Å²) in [5, 5.41) is 7.85. The van der Waals surface area contributed by atoms with E-state index in [0.717, 1.165) is 55.0 Å². The van der Waals surface area contributed by atoms with Gasteiger partial charge in [0.2, 0.25) is 5.95 Å². The molecule has 0 atom stereocenters. The first-order valence-electron chi connectivity index (χ1n) is 10.9. The quantitative estimate of drug-likeness (QED) is 0.573. The van der Waals surface area contributed by atoms with Gasteiger partial charge in [-0.05, 0) is 56.3 Å². The van der Waals surface area contributed by atoms with Gasteiger partial charge in [-0.3, -0.25) is 0 Å². The van der Waals surface area contributed by atoms with Crippen LogP contribution in [0.25, 0.3) is 10.9 Å². The van der Waals surface area contributed by atoms with Crippen molar-refractivity contribution in [2.75, 3.05) is 30.9 Å². The predicted octanol–water partition coefficient (Wildman–Crippen LogP) is 4.73. The van der Waals surface area contributed by atoms with Gasteiger partial charge in [-0.2, -0.15) is 4.98 Å². The van der Waals surface area contributed by atoms with E-state index in [1.165, 1.54) is 0 Å². The zero-order valence-electron chi connectivity index (χ0n) is 18.0. The van der Waals surface area contributed by atoms with Gasteiger partial charge >= 0.3 is 0 Å². The van der Waals surface area contributed by atoms with Crippen molar-refractivity contribution >= 4 is 22.7 Å². The molecule has 0 radical (unpaired) electrons. The molecule has 5 nitrogen and oxygen atoms in total. The number of anilines is 2. The topological polar surface area (TPSA) is 53.1 Å². The summed E-state index contributed by atoms with van der Waals surface area (Å²) in [6.45, 7) is 1.15. The van der Waals surface area contributed by atoms with Crippen LogP contribution >= 0.6 is 0 Å². The highest BCUT2D eigenvalue weighted by atomic mass is 19.2. The van der Waals surface area contributed by atoms with E-state index in [9.17, 15) is 8.78 Å². The minimum absolute atomic E-state index is 0.341. The summed E-state index contributed by atoms with van der Waals surface area (Å²) in [6.07, 6.45) is 4.22.